The lowest BCUT2D eigenvalue weighted by Crippen LogP contribution is -2.58. The van der Waals surface area contributed by atoms with Gasteiger partial charge in [0.2, 0.25) is 12.8 Å². The van der Waals surface area contributed by atoms with Crippen molar-refractivity contribution in [2.75, 3.05) is 0 Å². The lowest BCUT2D eigenvalue weighted by molar-refractivity contribution is -0.115. The molecule has 1 aliphatic carbocycles. The number of hydrogen-bond acceptors (Lipinski definition) is 5. The molecule has 10 nitrogen and oxygen atoms in total. The maximum atomic E-state index is 12.9. The zero-order chi connectivity index (χ0) is 22.1. The summed E-state index contributed by atoms with van der Waals surface area (Å²) in [6.07, 6.45) is 5.77. The monoisotopic (exact) mass is 416 g/mol. The first-order valence-corrected chi connectivity index (χ1v) is 9.97. The van der Waals surface area contributed by atoms with Crippen molar-refractivity contribution in [3.8, 4) is 0 Å². The third kappa shape index (κ3) is 3.69. The van der Waals surface area contributed by atoms with Crippen molar-refractivity contribution in [2.24, 2.45) is 14.1 Å². The van der Waals surface area contributed by atoms with Gasteiger partial charge in [-0.15, -0.1) is 0 Å². The molecule has 1 fully saturated rings. The molecule has 1 atom stereocenters. The molecule has 1 unspecified atom stereocenters. The predicted molar refractivity (Wildman–Crippen MR) is 112 cm³/mol. The third-order valence-corrected chi connectivity index (χ3v) is 5.85. The van der Waals surface area contributed by atoms with Gasteiger partial charge in [0.25, 0.3) is 5.56 Å². The van der Waals surface area contributed by atoms with Gasteiger partial charge in [-0.25, -0.2) is 9.78 Å². The summed E-state index contributed by atoms with van der Waals surface area (Å²) in [5.41, 5.74) is 0.107. The van der Waals surface area contributed by atoms with Crippen LogP contribution in [0, 0.1) is 0 Å². The van der Waals surface area contributed by atoms with Crippen LogP contribution in [0.3, 0.4) is 0 Å². The van der Waals surface area contributed by atoms with Crippen molar-refractivity contribution in [3.63, 3.8) is 0 Å². The van der Waals surface area contributed by atoms with Crippen LogP contribution >= 0.6 is 0 Å². The van der Waals surface area contributed by atoms with Gasteiger partial charge in [0.15, 0.2) is 11.2 Å². The van der Waals surface area contributed by atoms with E-state index in [0.29, 0.717) is 49.2 Å². The molecule has 1 saturated carbocycles. The molecule has 0 aromatic carbocycles. The van der Waals surface area contributed by atoms with Crippen LogP contribution in [0.4, 0.5) is 0 Å². The van der Waals surface area contributed by atoms with E-state index < -0.39 is 16.9 Å². The number of nitrogens with one attached hydrogen (secondary N) is 2. The molecular weight excluding hydrogens is 388 g/mol. The Balaban J connectivity index is 2.22. The van der Waals surface area contributed by atoms with Gasteiger partial charge in [0, 0.05) is 26.6 Å². The smallest absolute Gasteiger partial charge is 0.332 e. The molecule has 2 aromatic heterocycles. The SMILES string of the molecule is CC(C)=CCn1c(C2CCCC(NC=O)(NC=O)C2)nc2c1c(=O)n(C)c(=O)n2C. The lowest BCUT2D eigenvalue weighted by Gasteiger charge is -2.40. The van der Waals surface area contributed by atoms with Gasteiger partial charge in [-0.05, 0) is 39.5 Å². The fourth-order valence-corrected chi connectivity index (χ4v) is 4.26. The summed E-state index contributed by atoms with van der Waals surface area (Å²) in [4.78, 5) is 52.4. The van der Waals surface area contributed by atoms with E-state index in [9.17, 15) is 19.2 Å². The minimum atomic E-state index is -0.858. The molecule has 2 heterocycles. The first-order chi connectivity index (χ1) is 14.2. The Morgan fingerprint density at radius 3 is 2.43 bits per heavy atom. The Labute approximate surface area is 173 Å². The number of amides is 2. The first kappa shape index (κ1) is 21.5. The van der Waals surface area contributed by atoms with Gasteiger partial charge < -0.3 is 15.2 Å². The van der Waals surface area contributed by atoms with E-state index in [1.807, 2.05) is 24.5 Å². The van der Waals surface area contributed by atoms with E-state index in [1.165, 1.54) is 11.6 Å². The molecule has 0 saturated heterocycles. The highest BCUT2D eigenvalue weighted by molar-refractivity contribution is 5.71. The standard InChI is InChI=1S/C20H28N6O4/c1-13(2)7-9-26-15-17(24(3)19(30)25(4)18(15)29)23-16(26)14-6-5-8-20(10-14,21-11-27)22-12-28/h7,11-12,14H,5-6,8-10H2,1-4H3,(H,21,27)(H,22,28). The van der Waals surface area contributed by atoms with Gasteiger partial charge >= 0.3 is 5.69 Å². The van der Waals surface area contributed by atoms with Crippen molar-refractivity contribution in [1.82, 2.24) is 29.3 Å². The zero-order valence-electron chi connectivity index (χ0n) is 17.8. The summed E-state index contributed by atoms with van der Waals surface area (Å²) < 4.78 is 4.31. The fourth-order valence-electron chi connectivity index (χ4n) is 4.26. The van der Waals surface area contributed by atoms with Crippen molar-refractivity contribution in [3.05, 3.63) is 38.3 Å². The second-order valence-electron chi connectivity index (χ2n) is 8.14. The number of hydrogen-bond donors (Lipinski definition) is 2. The number of aromatic nitrogens is 4. The van der Waals surface area contributed by atoms with E-state index in [0.717, 1.165) is 23.0 Å². The molecule has 0 aliphatic heterocycles. The number of nitrogens with zero attached hydrogens (tertiary/aromatic N) is 4. The minimum Gasteiger partial charge on any atom is -0.336 e. The molecule has 0 radical (unpaired) electrons. The third-order valence-electron chi connectivity index (χ3n) is 5.85. The average molecular weight is 416 g/mol. The van der Waals surface area contributed by atoms with Crippen molar-refractivity contribution >= 4 is 24.0 Å². The molecule has 0 spiro atoms. The molecule has 2 amide bonds. The van der Waals surface area contributed by atoms with Crippen LogP contribution in [0.2, 0.25) is 0 Å². The Morgan fingerprint density at radius 2 is 1.83 bits per heavy atom. The Morgan fingerprint density at radius 1 is 1.17 bits per heavy atom. The highest BCUT2D eigenvalue weighted by Gasteiger charge is 2.38. The number of aryl methyl sites for hydroxylation is 1. The van der Waals surface area contributed by atoms with Crippen molar-refractivity contribution in [2.45, 2.75) is 57.7 Å². The summed E-state index contributed by atoms with van der Waals surface area (Å²) in [5.74, 6) is 0.557. The Hall–Kier alpha value is -3.17. The fraction of sp³-hybridized carbons (Fsp3) is 0.550. The van der Waals surface area contributed by atoms with Crippen LogP contribution in [0.1, 0.15) is 51.3 Å². The molecule has 1 aliphatic rings. The molecule has 162 valence electrons. The second kappa shape index (κ2) is 8.29. The average Bonchev–Trinajstić information content (AvgIpc) is 3.09. The number of rotatable bonds is 7. The molecule has 3 rings (SSSR count). The number of allylic oxidation sites excluding steroid dienone is 2. The largest absolute Gasteiger partial charge is 0.336 e. The predicted octanol–water partition coefficient (Wildman–Crippen LogP) is 0.246. The molecule has 0 bridgehead atoms. The lowest BCUT2D eigenvalue weighted by atomic mass is 9.80. The van der Waals surface area contributed by atoms with E-state index in [4.69, 9.17) is 4.98 Å². The number of carbonyl (C=O) groups is 2. The number of imidazole rings is 1. The van der Waals surface area contributed by atoms with Gasteiger partial charge in [0.05, 0.1) is 0 Å². The molecular formula is C20H28N6O4. The molecule has 30 heavy (non-hydrogen) atoms. The van der Waals surface area contributed by atoms with E-state index in [-0.39, 0.29) is 5.92 Å². The topological polar surface area (TPSA) is 120 Å². The number of carbonyl (C=O) groups excluding carboxylic acids is 2. The quantitative estimate of drug-likeness (QED) is 0.381. The summed E-state index contributed by atoms with van der Waals surface area (Å²) in [5, 5.41) is 5.50. The van der Waals surface area contributed by atoms with Gasteiger partial charge in [-0.3, -0.25) is 23.5 Å². The van der Waals surface area contributed by atoms with Crippen LogP contribution in [0.15, 0.2) is 21.2 Å². The molecule has 2 aromatic rings. The van der Waals surface area contributed by atoms with Crippen LogP contribution < -0.4 is 21.9 Å². The highest BCUT2D eigenvalue weighted by Crippen LogP contribution is 2.37. The van der Waals surface area contributed by atoms with Crippen LogP contribution in [-0.2, 0) is 30.2 Å². The normalized spacial score (nSPS) is 18.1. The minimum absolute atomic E-state index is 0.114. The van der Waals surface area contributed by atoms with Crippen LogP contribution in [0.25, 0.3) is 11.2 Å². The van der Waals surface area contributed by atoms with Crippen LogP contribution in [0.5, 0.6) is 0 Å². The van der Waals surface area contributed by atoms with E-state index >= 15 is 0 Å². The zero-order valence-corrected chi connectivity index (χ0v) is 17.8. The maximum absolute atomic E-state index is 12.9. The van der Waals surface area contributed by atoms with E-state index in [1.54, 1.807) is 7.05 Å². The van der Waals surface area contributed by atoms with Crippen molar-refractivity contribution < 1.29 is 9.59 Å². The van der Waals surface area contributed by atoms with Crippen LogP contribution in [-0.4, -0.2) is 37.2 Å². The first-order valence-electron chi connectivity index (χ1n) is 9.97. The second-order valence-corrected chi connectivity index (χ2v) is 8.14. The summed E-state index contributed by atoms with van der Waals surface area (Å²) in [7, 11) is 3.05. The molecule has 2 N–H and O–H groups in total. The van der Waals surface area contributed by atoms with E-state index in [2.05, 4.69) is 10.6 Å². The highest BCUT2D eigenvalue weighted by atomic mass is 16.2. The van der Waals surface area contributed by atoms with Gasteiger partial charge in [-0.1, -0.05) is 11.6 Å². The molecule has 10 heteroatoms. The maximum Gasteiger partial charge on any atom is 0.332 e. The number of fused-ring (bicyclic) bond motifs is 1. The van der Waals surface area contributed by atoms with Gasteiger partial charge in [-0.2, -0.15) is 0 Å². The summed E-state index contributed by atoms with van der Waals surface area (Å²) >= 11 is 0. The summed E-state index contributed by atoms with van der Waals surface area (Å²) in [6.45, 7) is 4.38. The van der Waals surface area contributed by atoms with Gasteiger partial charge in [0.1, 0.15) is 11.5 Å². The Kier molecular flexibility index (Phi) is 5.95. The summed E-state index contributed by atoms with van der Waals surface area (Å²) in [6, 6.07) is 0. The Bertz CT molecular complexity index is 1110. The van der Waals surface area contributed by atoms with Crippen molar-refractivity contribution in [1.29, 1.82) is 0 Å².